The van der Waals surface area contributed by atoms with Gasteiger partial charge in [-0.1, -0.05) is 12.1 Å². The molecular formula is C22H22N2O2S. The lowest BCUT2D eigenvalue weighted by Crippen LogP contribution is -2.41. The van der Waals surface area contributed by atoms with E-state index in [1.54, 1.807) is 17.5 Å². The standard InChI is InChI=1S/C22H22N2O2S/c1-16-6-10-23-21(14-16)26-20-7-11-24(12-8-20)22(25)18-4-2-17(3-5-18)19-9-13-27-15-19/h2-6,9-10,13-15,20H,7-8,11-12H2,1H3. The second-order valence-electron chi connectivity index (χ2n) is 6.87. The number of hydrogen-bond acceptors (Lipinski definition) is 4. The number of piperidine rings is 1. The van der Waals surface area contributed by atoms with Crippen LogP contribution in [0.25, 0.3) is 11.1 Å². The van der Waals surface area contributed by atoms with Crippen LogP contribution in [0.2, 0.25) is 0 Å². The summed E-state index contributed by atoms with van der Waals surface area (Å²) in [6.45, 7) is 3.45. The van der Waals surface area contributed by atoms with E-state index < -0.39 is 0 Å². The highest BCUT2D eigenvalue weighted by molar-refractivity contribution is 7.08. The number of hydrogen-bond donors (Lipinski definition) is 0. The smallest absolute Gasteiger partial charge is 0.253 e. The highest BCUT2D eigenvalue weighted by atomic mass is 32.1. The van der Waals surface area contributed by atoms with Crippen molar-refractivity contribution in [1.29, 1.82) is 0 Å². The van der Waals surface area contributed by atoms with Crippen LogP contribution in [-0.4, -0.2) is 35.0 Å². The van der Waals surface area contributed by atoms with Gasteiger partial charge in [-0.2, -0.15) is 11.3 Å². The van der Waals surface area contributed by atoms with Gasteiger partial charge in [0.1, 0.15) is 6.10 Å². The number of amides is 1. The zero-order chi connectivity index (χ0) is 18.6. The number of benzene rings is 1. The van der Waals surface area contributed by atoms with E-state index in [2.05, 4.69) is 21.8 Å². The molecule has 2 aromatic heterocycles. The number of carbonyl (C=O) groups excluding carboxylic acids is 1. The fourth-order valence-corrected chi connectivity index (χ4v) is 4.00. The number of aromatic nitrogens is 1. The Morgan fingerprint density at radius 1 is 1.11 bits per heavy atom. The number of thiophene rings is 1. The molecule has 4 rings (SSSR count). The number of nitrogens with zero attached hydrogens (tertiary/aromatic N) is 2. The Hall–Kier alpha value is -2.66. The topological polar surface area (TPSA) is 42.4 Å². The molecule has 0 bridgehead atoms. The molecule has 3 heterocycles. The molecule has 0 saturated carbocycles. The van der Waals surface area contributed by atoms with Gasteiger partial charge < -0.3 is 9.64 Å². The van der Waals surface area contributed by atoms with Crippen LogP contribution in [0.1, 0.15) is 28.8 Å². The number of ether oxygens (including phenoxy) is 1. The molecule has 3 aromatic rings. The molecule has 1 fully saturated rings. The maximum absolute atomic E-state index is 12.8. The number of rotatable bonds is 4. The van der Waals surface area contributed by atoms with Crippen LogP contribution in [0.4, 0.5) is 0 Å². The summed E-state index contributed by atoms with van der Waals surface area (Å²) in [7, 11) is 0. The minimum Gasteiger partial charge on any atom is -0.474 e. The van der Waals surface area contributed by atoms with Crippen molar-refractivity contribution in [1.82, 2.24) is 9.88 Å². The van der Waals surface area contributed by atoms with Crippen LogP contribution >= 0.6 is 11.3 Å². The van der Waals surface area contributed by atoms with E-state index in [0.29, 0.717) is 19.0 Å². The van der Waals surface area contributed by atoms with E-state index in [0.717, 1.165) is 29.5 Å². The van der Waals surface area contributed by atoms with Crippen LogP contribution in [0, 0.1) is 6.92 Å². The van der Waals surface area contributed by atoms with E-state index in [9.17, 15) is 4.79 Å². The van der Waals surface area contributed by atoms with Crippen molar-refractivity contribution in [3.8, 4) is 17.0 Å². The summed E-state index contributed by atoms with van der Waals surface area (Å²) in [6.07, 6.45) is 3.54. The van der Waals surface area contributed by atoms with E-state index in [-0.39, 0.29) is 12.0 Å². The normalized spacial score (nSPS) is 14.9. The number of carbonyl (C=O) groups is 1. The number of aryl methyl sites for hydroxylation is 1. The Morgan fingerprint density at radius 3 is 2.56 bits per heavy atom. The first-order valence-electron chi connectivity index (χ1n) is 9.20. The SMILES string of the molecule is Cc1ccnc(OC2CCN(C(=O)c3ccc(-c4ccsc4)cc3)CC2)c1. The maximum atomic E-state index is 12.8. The molecule has 0 spiro atoms. The van der Waals surface area contributed by atoms with Crippen molar-refractivity contribution >= 4 is 17.2 Å². The van der Waals surface area contributed by atoms with Crippen molar-refractivity contribution in [2.45, 2.75) is 25.9 Å². The Labute approximate surface area is 163 Å². The number of pyridine rings is 1. The summed E-state index contributed by atoms with van der Waals surface area (Å²) in [4.78, 5) is 19.0. The molecule has 1 saturated heterocycles. The van der Waals surface area contributed by atoms with Gasteiger partial charge >= 0.3 is 0 Å². The Kier molecular flexibility index (Phi) is 5.21. The van der Waals surface area contributed by atoms with E-state index in [4.69, 9.17) is 4.74 Å². The summed E-state index contributed by atoms with van der Waals surface area (Å²) >= 11 is 1.68. The molecular weight excluding hydrogens is 356 g/mol. The van der Waals surface area contributed by atoms with Crippen molar-refractivity contribution in [2.24, 2.45) is 0 Å². The second kappa shape index (κ2) is 7.92. The first-order valence-corrected chi connectivity index (χ1v) is 10.1. The zero-order valence-electron chi connectivity index (χ0n) is 15.3. The molecule has 0 unspecified atom stereocenters. The molecule has 1 aliphatic heterocycles. The van der Waals surface area contributed by atoms with E-state index in [1.807, 2.05) is 48.2 Å². The van der Waals surface area contributed by atoms with Gasteiger partial charge in [0.15, 0.2) is 0 Å². The summed E-state index contributed by atoms with van der Waals surface area (Å²) < 4.78 is 5.98. The summed E-state index contributed by atoms with van der Waals surface area (Å²) in [5, 5.41) is 4.18. The van der Waals surface area contributed by atoms with Crippen LogP contribution in [0.5, 0.6) is 5.88 Å². The molecule has 1 amide bonds. The van der Waals surface area contributed by atoms with Crippen molar-refractivity contribution in [3.63, 3.8) is 0 Å². The second-order valence-corrected chi connectivity index (χ2v) is 7.65. The molecule has 0 aliphatic carbocycles. The van der Waals surface area contributed by atoms with E-state index in [1.165, 1.54) is 5.56 Å². The average molecular weight is 378 g/mol. The fraction of sp³-hybridized carbons (Fsp3) is 0.273. The van der Waals surface area contributed by atoms with Gasteiger partial charge in [0.25, 0.3) is 5.91 Å². The van der Waals surface area contributed by atoms with Crippen LogP contribution in [0.15, 0.2) is 59.4 Å². The minimum atomic E-state index is 0.0963. The Morgan fingerprint density at radius 2 is 1.89 bits per heavy atom. The summed E-state index contributed by atoms with van der Waals surface area (Å²) in [6, 6.07) is 13.9. The van der Waals surface area contributed by atoms with Crippen molar-refractivity contribution < 1.29 is 9.53 Å². The summed E-state index contributed by atoms with van der Waals surface area (Å²) in [5.41, 5.74) is 4.22. The van der Waals surface area contributed by atoms with Gasteiger partial charge in [0.05, 0.1) is 0 Å². The molecule has 0 atom stereocenters. The van der Waals surface area contributed by atoms with Gasteiger partial charge in [-0.15, -0.1) is 0 Å². The molecule has 4 nitrogen and oxygen atoms in total. The highest BCUT2D eigenvalue weighted by Gasteiger charge is 2.25. The minimum absolute atomic E-state index is 0.0963. The maximum Gasteiger partial charge on any atom is 0.253 e. The van der Waals surface area contributed by atoms with Crippen LogP contribution < -0.4 is 4.74 Å². The third-order valence-electron chi connectivity index (χ3n) is 4.89. The predicted octanol–water partition coefficient (Wildman–Crippen LogP) is 4.80. The van der Waals surface area contributed by atoms with Gasteiger partial charge in [-0.25, -0.2) is 4.98 Å². The lowest BCUT2D eigenvalue weighted by Gasteiger charge is -2.32. The van der Waals surface area contributed by atoms with Gasteiger partial charge in [0.2, 0.25) is 5.88 Å². The molecule has 138 valence electrons. The molecule has 1 aliphatic rings. The van der Waals surface area contributed by atoms with E-state index >= 15 is 0 Å². The zero-order valence-corrected chi connectivity index (χ0v) is 16.1. The summed E-state index contributed by atoms with van der Waals surface area (Å²) in [5.74, 6) is 0.766. The van der Waals surface area contributed by atoms with Crippen molar-refractivity contribution in [2.75, 3.05) is 13.1 Å². The van der Waals surface area contributed by atoms with Crippen molar-refractivity contribution in [3.05, 3.63) is 70.5 Å². The quantitative estimate of drug-likeness (QED) is 0.655. The fourth-order valence-electron chi connectivity index (χ4n) is 3.34. The first-order chi connectivity index (χ1) is 13.2. The molecule has 0 radical (unpaired) electrons. The predicted molar refractivity (Wildman–Crippen MR) is 108 cm³/mol. The molecule has 5 heteroatoms. The van der Waals surface area contributed by atoms with Gasteiger partial charge in [-0.05, 0) is 58.6 Å². The average Bonchev–Trinajstić information content (AvgIpc) is 3.23. The van der Waals surface area contributed by atoms with Gasteiger partial charge in [0, 0.05) is 43.8 Å². The lowest BCUT2D eigenvalue weighted by molar-refractivity contribution is 0.0588. The largest absolute Gasteiger partial charge is 0.474 e. The first kappa shape index (κ1) is 17.7. The van der Waals surface area contributed by atoms with Gasteiger partial charge in [-0.3, -0.25) is 4.79 Å². The Balaban J connectivity index is 1.34. The number of likely N-dealkylation sites (tertiary alicyclic amines) is 1. The molecule has 1 aromatic carbocycles. The monoisotopic (exact) mass is 378 g/mol. The third-order valence-corrected chi connectivity index (χ3v) is 5.58. The Bertz CT molecular complexity index is 898. The third kappa shape index (κ3) is 4.19. The van der Waals surface area contributed by atoms with Crippen LogP contribution in [0.3, 0.4) is 0 Å². The highest BCUT2D eigenvalue weighted by Crippen LogP contribution is 2.24. The molecule has 27 heavy (non-hydrogen) atoms. The lowest BCUT2D eigenvalue weighted by atomic mass is 10.0. The molecule has 0 N–H and O–H groups in total. The van der Waals surface area contributed by atoms with Crippen LogP contribution in [-0.2, 0) is 0 Å².